The maximum atomic E-state index is 11.7. The van der Waals surface area contributed by atoms with E-state index in [4.69, 9.17) is 25.6 Å². The first-order valence-corrected chi connectivity index (χ1v) is 8.32. The average Bonchev–Trinajstić information content (AvgIpc) is 3.15. The van der Waals surface area contributed by atoms with E-state index in [1.165, 1.54) is 7.11 Å². The molecule has 6 nitrogen and oxygen atoms in total. The van der Waals surface area contributed by atoms with Crippen LogP contribution in [0.4, 0.5) is 0 Å². The van der Waals surface area contributed by atoms with Crippen LogP contribution >= 0.6 is 11.6 Å². The molecule has 0 bridgehead atoms. The lowest BCUT2D eigenvalue weighted by Crippen LogP contribution is -2.04. The first-order valence-electron chi connectivity index (χ1n) is 7.94. The van der Waals surface area contributed by atoms with E-state index in [9.17, 15) is 4.79 Å². The molecule has 0 saturated carbocycles. The standard InChI is InChI=1S/C19H17ClN2O4/c1-24-16-9-5-14(19(23)25-2)11-13(16)6-10-17-21-18(22-26-17)12-3-7-15(20)8-4-12/h3-5,7-9,11H,6,10H2,1-2H3. The summed E-state index contributed by atoms with van der Waals surface area (Å²) >= 11 is 5.89. The van der Waals surface area contributed by atoms with Gasteiger partial charge in [-0.1, -0.05) is 16.8 Å². The second-order valence-electron chi connectivity index (χ2n) is 5.54. The molecule has 134 valence electrons. The number of ether oxygens (including phenoxy) is 2. The van der Waals surface area contributed by atoms with Gasteiger partial charge in [-0.25, -0.2) is 4.79 Å². The van der Waals surface area contributed by atoms with Crippen LogP contribution in [0.15, 0.2) is 47.0 Å². The van der Waals surface area contributed by atoms with Crippen LogP contribution in [0.25, 0.3) is 11.4 Å². The Morgan fingerprint density at radius 2 is 1.88 bits per heavy atom. The first-order chi connectivity index (χ1) is 12.6. The van der Waals surface area contributed by atoms with E-state index in [2.05, 4.69) is 10.1 Å². The molecule has 0 amide bonds. The van der Waals surface area contributed by atoms with Crippen molar-refractivity contribution in [2.75, 3.05) is 14.2 Å². The number of rotatable bonds is 6. The van der Waals surface area contributed by atoms with Crippen LogP contribution in [0, 0.1) is 0 Å². The van der Waals surface area contributed by atoms with Crippen molar-refractivity contribution in [3.63, 3.8) is 0 Å². The van der Waals surface area contributed by atoms with Crippen LogP contribution in [0.2, 0.25) is 5.02 Å². The number of aromatic nitrogens is 2. The Morgan fingerprint density at radius 3 is 2.58 bits per heavy atom. The summed E-state index contributed by atoms with van der Waals surface area (Å²) in [6.07, 6.45) is 1.10. The number of methoxy groups -OCH3 is 2. The summed E-state index contributed by atoms with van der Waals surface area (Å²) in [4.78, 5) is 16.1. The molecule has 0 aliphatic carbocycles. The molecule has 0 unspecified atom stereocenters. The predicted molar refractivity (Wildman–Crippen MR) is 96.5 cm³/mol. The second-order valence-corrected chi connectivity index (χ2v) is 5.97. The summed E-state index contributed by atoms with van der Waals surface area (Å²) in [6, 6.07) is 12.4. The number of halogens is 1. The van der Waals surface area contributed by atoms with E-state index in [0.717, 1.165) is 11.1 Å². The molecule has 0 atom stereocenters. The highest BCUT2D eigenvalue weighted by molar-refractivity contribution is 6.30. The predicted octanol–water partition coefficient (Wildman–Crippen LogP) is 3.97. The summed E-state index contributed by atoms with van der Waals surface area (Å²) in [5.41, 5.74) is 2.16. The van der Waals surface area contributed by atoms with Crippen molar-refractivity contribution in [1.82, 2.24) is 10.1 Å². The van der Waals surface area contributed by atoms with Gasteiger partial charge in [-0.15, -0.1) is 0 Å². The van der Waals surface area contributed by atoms with E-state index in [1.807, 2.05) is 12.1 Å². The summed E-state index contributed by atoms with van der Waals surface area (Å²) in [6.45, 7) is 0. The number of esters is 1. The largest absolute Gasteiger partial charge is 0.496 e. The summed E-state index contributed by atoms with van der Waals surface area (Å²) < 4.78 is 15.4. The monoisotopic (exact) mass is 372 g/mol. The fraction of sp³-hybridized carbons (Fsp3) is 0.211. The number of carbonyl (C=O) groups is 1. The van der Waals surface area contributed by atoms with E-state index in [0.29, 0.717) is 40.9 Å². The van der Waals surface area contributed by atoms with Gasteiger partial charge in [-0.3, -0.25) is 0 Å². The number of hydrogen-bond acceptors (Lipinski definition) is 6. The van der Waals surface area contributed by atoms with Gasteiger partial charge in [0, 0.05) is 17.0 Å². The van der Waals surface area contributed by atoms with Crippen molar-refractivity contribution in [1.29, 1.82) is 0 Å². The van der Waals surface area contributed by atoms with Crippen LogP contribution in [-0.4, -0.2) is 30.3 Å². The maximum Gasteiger partial charge on any atom is 0.337 e. The number of nitrogens with zero attached hydrogens (tertiary/aromatic N) is 2. The Bertz CT molecular complexity index is 906. The molecule has 0 aliphatic rings. The summed E-state index contributed by atoms with van der Waals surface area (Å²) in [5, 5.41) is 4.64. The van der Waals surface area contributed by atoms with Crippen LogP contribution < -0.4 is 4.74 Å². The zero-order valence-electron chi connectivity index (χ0n) is 14.4. The van der Waals surface area contributed by atoms with E-state index >= 15 is 0 Å². The average molecular weight is 373 g/mol. The molecule has 2 aromatic carbocycles. The van der Waals surface area contributed by atoms with Crippen LogP contribution in [0.1, 0.15) is 21.8 Å². The molecule has 26 heavy (non-hydrogen) atoms. The van der Waals surface area contributed by atoms with E-state index in [-0.39, 0.29) is 0 Å². The van der Waals surface area contributed by atoms with Gasteiger partial charge < -0.3 is 14.0 Å². The molecule has 1 aromatic heterocycles. The second kappa shape index (κ2) is 8.01. The van der Waals surface area contributed by atoms with Gasteiger partial charge >= 0.3 is 5.97 Å². The molecule has 0 aliphatic heterocycles. The molecule has 3 aromatic rings. The minimum absolute atomic E-state index is 0.392. The highest BCUT2D eigenvalue weighted by Crippen LogP contribution is 2.23. The van der Waals surface area contributed by atoms with Crippen molar-refractivity contribution in [2.45, 2.75) is 12.8 Å². The van der Waals surface area contributed by atoms with Gasteiger partial charge in [-0.05, 0) is 54.4 Å². The van der Waals surface area contributed by atoms with E-state index < -0.39 is 5.97 Å². The number of hydrogen-bond donors (Lipinski definition) is 0. The van der Waals surface area contributed by atoms with Gasteiger partial charge in [0.25, 0.3) is 0 Å². The lowest BCUT2D eigenvalue weighted by Gasteiger charge is -2.09. The fourth-order valence-corrected chi connectivity index (χ4v) is 2.66. The van der Waals surface area contributed by atoms with Gasteiger partial charge in [0.2, 0.25) is 11.7 Å². The lowest BCUT2D eigenvalue weighted by molar-refractivity contribution is 0.0600. The Hall–Kier alpha value is -2.86. The van der Waals surface area contributed by atoms with Crippen molar-refractivity contribution in [3.8, 4) is 17.1 Å². The highest BCUT2D eigenvalue weighted by Gasteiger charge is 2.13. The third-order valence-electron chi connectivity index (χ3n) is 3.88. The smallest absolute Gasteiger partial charge is 0.337 e. The Kier molecular flexibility index (Phi) is 5.53. The number of aryl methyl sites for hydroxylation is 2. The number of carbonyl (C=O) groups excluding carboxylic acids is 1. The SMILES string of the molecule is COC(=O)c1ccc(OC)c(CCc2nc(-c3ccc(Cl)cc3)no2)c1. The highest BCUT2D eigenvalue weighted by atomic mass is 35.5. The van der Waals surface area contributed by atoms with Crippen LogP contribution in [0.5, 0.6) is 5.75 Å². The Morgan fingerprint density at radius 1 is 1.12 bits per heavy atom. The molecule has 3 rings (SSSR count). The van der Waals surface area contributed by atoms with Crippen LogP contribution in [-0.2, 0) is 17.6 Å². The maximum absolute atomic E-state index is 11.7. The quantitative estimate of drug-likeness (QED) is 0.609. The molecule has 0 N–H and O–H groups in total. The van der Waals surface area contributed by atoms with E-state index in [1.54, 1.807) is 37.4 Å². The Labute approximate surface area is 155 Å². The van der Waals surface area contributed by atoms with Crippen molar-refractivity contribution in [2.24, 2.45) is 0 Å². The zero-order valence-corrected chi connectivity index (χ0v) is 15.1. The molecule has 1 heterocycles. The molecule has 0 spiro atoms. The normalized spacial score (nSPS) is 10.6. The molecule has 0 radical (unpaired) electrons. The fourth-order valence-electron chi connectivity index (χ4n) is 2.53. The minimum atomic E-state index is -0.392. The van der Waals surface area contributed by atoms with Gasteiger partial charge in [0.05, 0.1) is 19.8 Å². The van der Waals surface area contributed by atoms with Gasteiger partial charge in [0.1, 0.15) is 5.75 Å². The minimum Gasteiger partial charge on any atom is -0.496 e. The topological polar surface area (TPSA) is 74.5 Å². The lowest BCUT2D eigenvalue weighted by atomic mass is 10.0. The summed E-state index contributed by atoms with van der Waals surface area (Å²) in [7, 11) is 2.94. The van der Waals surface area contributed by atoms with Crippen molar-refractivity contribution < 1.29 is 18.8 Å². The third kappa shape index (κ3) is 4.03. The molecular weight excluding hydrogens is 356 g/mol. The molecule has 0 saturated heterocycles. The van der Waals surface area contributed by atoms with Crippen molar-refractivity contribution >= 4 is 17.6 Å². The molecule has 0 fully saturated rings. The van der Waals surface area contributed by atoms with Gasteiger partial charge in [0.15, 0.2) is 0 Å². The first kappa shape index (κ1) is 17.9. The third-order valence-corrected chi connectivity index (χ3v) is 4.13. The Balaban J connectivity index is 1.75. The van der Waals surface area contributed by atoms with Crippen LogP contribution in [0.3, 0.4) is 0 Å². The van der Waals surface area contributed by atoms with Gasteiger partial charge in [-0.2, -0.15) is 4.98 Å². The summed E-state index contributed by atoms with van der Waals surface area (Å²) in [5.74, 6) is 1.30. The molecule has 7 heteroatoms. The van der Waals surface area contributed by atoms with Crippen molar-refractivity contribution in [3.05, 3.63) is 64.5 Å². The zero-order chi connectivity index (χ0) is 18.5. The number of benzene rings is 2. The molecular formula is C19H17ClN2O4.